The number of rotatable bonds is 7. The van der Waals surface area contributed by atoms with Crippen LogP contribution in [0, 0.1) is 6.92 Å². The lowest BCUT2D eigenvalue weighted by Gasteiger charge is -2.32. The normalized spacial score (nSPS) is 14.9. The summed E-state index contributed by atoms with van der Waals surface area (Å²) >= 11 is 1.26. The van der Waals surface area contributed by atoms with Gasteiger partial charge in [0.2, 0.25) is 0 Å². The third kappa shape index (κ3) is 5.64. The van der Waals surface area contributed by atoms with Crippen LogP contribution in [0.5, 0.6) is 0 Å². The van der Waals surface area contributed by atoms with Crippen molar-refractivity contribution in [3.8, 4) is 0 Å². The number of hydrogen-bond acceptors (Lipinski definition) is 6. The summed E-state index contributed by atoms with van der Waals surface area (Å²) in [5.74, 6) is -0.241. The van der Waals surface area contributed by atoms with E-state index in [0.717, 1.165) is 43.9 Å². The quantitative estimate of drug-likeness (QED) is 0.573. The van der Waals surface area contributed by atoms with Crippen LogP contribution in [0.25, 0.3) is 0 Å². The second-order valence-electron chi connectivity index (χ2n) is 8.14. The van der Waals surface area contributed by atoms with Gasteiger partial charge in [-0.1, -0.05) is 24.3 Å². The van der Waals surface area contributed by atoms with Gasteiger partial charge in [0.05, 0.1) is 16.1 Å². The molecule has 0 radical (unpaired) electrons. The first-order chi connectivity index (χ1) is 15.5. The average molecular weight is 453 g/mol. The van der Waals surface area contributed by atoms with E-state index in [0.29, 0.717) is 16.4 Å². The Balaban J connectivity index is 1.33. The monoisotopic (exact) mass is 452 g/mol. The van der Waals surface area contributed by atoms with Gasteiger partial charge < -0.3 is 20.0 Å². The van der Waals surface area contributed by atoms with Crippen LogP contribution < -0.4 is 10.6 Å². The van der Waals surface area contributed by atoms with Crippen molar-refractivity contribution >= 4 is 28.2 Å². The molecule has 0 aliphatic carbocycles. The van der Waals surface area contributed by atoms with Crippen molar-refractivity contribution in [2.24, 2.45) is 0 Å². The Morgan fingerprint density at radius 3 is 2.56 bits per heavy atom. The molecule has 168 valence electrons. The Kier molecular flexibility index (Phi) is 7.04. The summed E-state index contributed by atoms with van der Waals surface area (Å²) in [5.41, 5.74) is 3.16. The highest BCUT2D eigenvalue weighted by atomic mass is 32.1. The van der Waals surface area contributed by atoms with Gasteiger partial charge in [0.15, 0.2) is 5.76 Å². The lowest BCUT2D eigenvalue weighted by atomic mass is 10.1. The van der Waals surface area contributed by atoms with Gasteiger partial charge in [-0.3, -0.25) is 14.5 Å². The largest absolute Gasteiger partial charge is 0.459 e. The van der Waals surface area contributed by atoms with Gasteiger partial charge in [-0.2, -0.15) is 0 Å². The number of aryl methyl sites for hydroxylation is 1. The second kappa shape index (κ2) is 10.1. The van der Waals surface area contributed by atoms with E-state index in [4.69, 9.17) is 4.42 Å². The molecule has 3 heterocycles. The Hall–Kier alpha value is -2.94. The Morgan fingerprint density at radius 2 is 1.81 bits per heavy atom. The zero-order valence-corrected chi connectivity index (χ0v) is 19.2. The molecule has 0 atom stereocenters. The van der Waals surface area contributed by atoms with Crippen molar-refractivity contribution in [2.45, 2.75) is 20.0 Å². The van der Waals surface area contributed by atoms with Gasteiger partial charge in [0.1, 0.15) is 0 Å². The molecule has 1 aromatic carbocycles. The fourth-order valence-electron chi connectivity index (χ4n) is 3.72. The summed E-state index contributed by atoms with van der Waals surface area (Å²) in [5, 5.41) is 6.40. The van der Waals surface area contributed by atoms with Gasteiger partial charge in [0.25, 0.3) is 11.8 Å². The Bertz CT molecular complexity index is 1070. The van der Waals surface area contributed by atoms with Gasteiger partial charge in [-0.15, -0.1) is 11.3 Å². The van der Waals surface area contributed by atoms with Crippen molar-refractivity contribution in [1.29, 1.82) is 0 Å². The van der Waals surface area contributed by atoms with Crippen molar-refractivity contribution < 1.29 is 14.0 Å². The highest BCUT2D eigenvalue weighted by Crippen LogP contribution is 2.27. The first kappa shape index (κ1) is 22.3. The maximum atomic E-state index is 12.8. The maximum Gasteiger partial charge on any atom is 0.291 e. The van der Waals surface area contributed by atoms with Crippen molar-refractivity contribution in [1.82, 2.24) is 15.1 Å². The van der Waals surface area contributed by atoms with Crippen LogP contribution in [0.4, 0.5) is 5.00 Å². The third-order valence-corrected chi connectivity index (χ3v) is 6.70. The molecule has 7 nitrogen and oxygen atoms in total. The Morgan fingerprint density at radius 1 is 1.03 bits per heavy atom. The van der Waals surface area contributed by atoms with E-state index in [-0.39, 0.29) is 17.6 Å². The molecule has 4 rings (SSSR count). The summed E-state index contributed by atoms with van der Waals surface area (Å²) < 4.78 is 5.11. The molecule has 0 spiro atoms. The molecule has 0 bridgehead atoms. The van der Waals surface area contributed by atoms with Gasteiger partial charge in [-0.05, 0) is 48.9 Å². The summed E-state index contributed by atoms with van der Waals surface area (Å²) in [4.78, 5) is 30.3. The highest BCUT2D eigenvalue weighted by molar-refractivity contribution is 7.18. The number of amides is 2. The lowest BCUT2D eigenvalue weighted by Crippen LogP contribution is -2.43. The number of furan rings is 1. The van der Waals surface area contributed by atoms with E-state index in [9.17, 15) is 9.59 Å². The number of piperazine rings is 1. The van der Waals surface area contributed by atoms with Crippen LogP contribution in [0.1, 0.15) is 36.9 Å². The molecule has 0 saturated carbocycles. The summed E-state index contributed by atoms with van der Waals surface area (Å²) in [6.45, 7) is 7.60. The topological polar surface area (TPSA) is 77.8 Å². The number of hydrogen-bond donors (Lipinski definition) is 2. The molecular formula is C24H28N4O3S. The number of likely N-dealkylation sites (N-methyl/N-ethyl adjacent to an activating group) is 1. The number of carbonyl (C=O) groups is 2. The molecule has 3 aromatic rings. The summed E-state index contributed by atoms with van der Waals surface area (Å²) in [6.07, 6.45) is 1.45. The highest BCUT2D eigenvalue weighted by Gasteiger charge is 2.17. The summed E-state index contributed by atoms with van der Waals surface area (Å²) in [6, 6.07) is 13.4. The van der Waals surface area contributed by atoms with Gasteiger partial charge in [0, 0.05) is 39.3 Å². The minimum Gasteiger partial charge on any atom is -0.459 e. The van der Waals surface area contributed by atoms with E-state index in [2.05, 4.69) is 39.6 Å². The molecule has 0 unspecified atom stereocenters. The molecule has 2 amide bonds. The lowest BCUT2D eigenvalue weighted by molar-refractivity contribution is 0.0953. The number of thiophene rings is 1. The van der Waals surface area contributed by atoms with Crippen LogP contribution in [-0.2, 0) is 13.1 Å². The van der Waals surface area contributed by atoms with Gasteiger partial charge in [-0.25, -0.2) is 0 Å². The smallest absolute Gasteiger partial charge is 0.291 e. The number of nitrogens with one attached hydrogen (secondary N) is 2. The Labute approximate surface area is 192 Å². The van der Waals surface area contributed by atoms with Crippen molar-refractivity contribution in [3.05, 3.63) is 76.1 Å². The maximum absolute atomic E-state index is 12.8. The number of nitrogens with zero attached hydrogens (tertiary/aromatic N) is 2. The van der Waals surface area contributed by atoms with Crippen LogP contribution in [-0.4, -0.2) is 54.8 Å². The molecule has 1 saturated heterocycles. The van der Waals surface area contributed by atoms with E-state index >= 15 is 0 Å². The predicted octanol–water partition coefficient (Wildman–Crippen LogP) is 3.58. The molecule has 2 N–H and O–H groups in total. The van der Waals surface area contributed by atoms with E-state index in [1.807, 2.05) is 19.1 Å². The fourth-order valence-corrected chi connectivity index (χ4v) is 4.70. The third-order valence-electron chi connectivity index (χ3n) is 5.55. The minimum absolute atomic E-state index is 0.143. The molecule has 8 heteroatoms. The zero-order valence-electron chi connectivity index (χ0n) is 18.4. The number of carbonyl (C=O) groups excluding carboxylic acids is 2. The van der Waals surface area contributed by atoms with E-state index in [1.165, 1.54) is 23.2 Å². The molecule has 32 heavy (non-hydrogen) atoms. The molecule has 1 fully saturated rings. The molecular weight excluding hydrogens is 424 g/mol. The summed E-state index contributed by atoms with van der Waals surface area (Å²) in [7, 11) is 2.16. The zero-order chi connectivity index (χ0) is 22.5. The van der Waals surface area contributed by atoms with Crippen LogP contribution in [0.2, 0.25) is 0 Å². The standard InChI is InChI=1S/C24H28N4O3S/c1-17-13-21(26-23(29)20-7-4-12-31-20)32-22(17)24(30)25-15-18-5-3-6-19(14-18)16-28-10-8-27(2)9-11-28/h3-7,12-14H,8-11,15-16H2,1-2H3,(H,25,30)(H,26,29). The van der Waals surface area contributed by atoms with Crippen LogP contribution in [0.3, 0.4) is 0 Å². The van der Waals surface area contributed by atoms with Crippen LogP contribution in [0.15, 0.2) is 53.1 Å². The first-order valence-electron chi connectivity index (χ1n) is 10.7. The average Bonchev–Trinajstić information content (AvgIpc) is 3.44. The van der Waals surface area contributed by atoms with Gasteiger partial charge >= 0.3 is 0 Å². The van der Waals surface area contributed by atoms with Crippen molar-refractivity contribution in [2.75, 3.05) is 38.5 Å². The molecule has 1 aliphatic rings. The van der Waals surface area contributed by atoms with Crippen LogP contribution >= 0.6 is 11.3 Å². The van der Waals surface area contributed by atoms with E-state index < -0.39 is 0 Å². The predicted molar refractivity (Wildman–Crippen MR) is 126 cm³/mol. The van der Waals surface area contributed by atoms with Crippen molar-refractivity contribution in [3.63, 3.8) is 0 Å². The first-order valence-corrected chi connectivity index (χ1v) is 11.5. The number of benzene rings is 1. The molecule has 2 aromatic heterocycles. The minimum atomic E-state index is -0.333. The number of anilines is 1. The second-order valence-corrected chi connectivity index (χ2v) is 9.19. The fraction of sp³-hybridized carbons (Fsp3) is 0.333. The SMILES string of the molecule is Cc1cc(NC(=O)c2ccco2)sc1C(=O)NCc1cccc(CN2CCN(C)CC2)c1. The molecule has 1 aliphatic heterocycles. The van der Waals surface area contributed by atoms with E-state index in [1.54, 1.807) is 18.2 Å².